The number of hydrogen-bond acceptors (Lipinski definition) is 4. The molecule has 2 aromatic heterocycles. The lowest BCUT2D eigenvalue weighted by Gasteiger charge is -2.10. The Balaban J connectivity index is 1.52. The van der Waals surface area contributed by atoms with Gasteiger partial charge in [0, 0.05) is 29.0 Å². The lowest BCUT2D eigenvalue weighted by Crippen LogP contribution is -2.14. The molecule has 1 N–H and O–H groups in total. The van der Waals surface area contributed by atoms with Crippen LogP contribution < -0.4 is 5.32 Å². The third kappa shape index (κ3) is 3.93. The van der Waals surface area contributed by atoms with E-state index in [1.807, 2.05) is 36.5 Å². The van der Waals surface area contributed by atoms with Crippen LogP contribution in [0, 0.1) is 5.82 Å². The minimum absolute atomic E-state index is 0.285. The number of anilines is 1. The topological polar surface area (TPSA) is 59.8 Å². The first kappa shape index (κ1) is 17.1. The molecule has 7 heteroatoms. The van der Waals surface area contributed by atoms with E-state index < -0.39 is 0 Å². The van der Waals surface area contributed by atoms with Gasteiger partial charge in [0.1, 0.15) is 16.5 Å². The molecule has 0 atom stereocenters. The van der Waals surface area contributed by atoms with Gasteiger partial charge in [-0.05, 0) is 42.0 Å². The number of halogens is 1. The zero-order valence-electron chi connectivity index (χ0n) is 14.2. The monoisotopic (exact) mass is 378 g/mol. The molecule has 2 aromatic carbocycles. The quantitative estimate of drug-likeness (QED) is 0.558. The van der Waals surface area contributed by atoms with Crippen LogP contribution in [0.4, 0.5) is 10.1 Å². The van der Waals surface area contributed by atoms with E-state index in [2.05, 4.69) is 15.4 Å². The molecule has 5 nitrogen and oxygen atoms in total. The number of benzene rings is 2. The predicted octanol–water partition coefficient (Wildman–Crippen LogP) is 4.45. The van der Waals surface area contributed by atoms with E-state index in [1.165, 1.54) is 23.5 Å². The number of carbonyl (C=O) groups is 1. The molecule has 0 saturated carbocycles. The molecule has 27 heavy (non-hydrogen) atoms. The van der Waals surface area contributed by atoms with Gasteiger partial charge in [-0.25, -0.2) is 9.37 Å². The van der Waals surface area contributed by atoms with Gasteiger partial charge in [0.15, 0.2) is 0 Å². The van der Waals surface area contributed by atoms with Crippen molar-refractivity contribution < 1.29 is 9.18 Å². The van der Waals surface area contributed by atoms with E-state index in [4.69, 9.17) is 0 Å². The number of aromatic nitrogens is 3. The zero-order chi connectivity index (χ0) is 18.6. The first-order chi connectivity index (χ1) is 13.2. The molecule has 4 aromatic rings. The van der Waals surface area contributed by atoms with Crippen molar-refractivity contribution in [3.63, 3.8) is 0 Å². The number of carbonyl (C=O) groups excluding carboxylic acids is 1. The van der Waals surface area contributed by atoms with Crippen LogP contribution in [0.2, 0.25) is 0 Å². The Bertz CT molecular complexity index is 1060. The van der Waals surface area contributed by atoms with Crippen molar-refractivity contribution in [2.75, 3.05) is 5.32 Å². The summed E-state index contributed by atoms with van der Waals surface area (Å²) in [4.78, 5) is 17.0. The lowest BCUT2D eigenvalue weighted by atomic mass is 10.1. The number of hydrogen-bond donors (Lipinski definition) is 1. The maximum atomic E-state index is 13.1. The largest absolute Gasteiger partial charge is 0.320 e. The van der Waals surface area contributed by atoms with Crippen LogP contribution in [0.3, 0.4) is 0 Å². The van der Waals surface area contributed by atoms with Gasteiger partial charge >= 0.3 is 0 Å². The van der Waals surface area contributed by atoms with E-state index >= 15 is 0 Å². The van der Waals surface area contributed by atoms with Crippen molar-refractivity contribution in [3.05, 3.63) is 89.4 Å². The molecule has 1 amide bonds. The van der Waals surface area contributed by atoms with Gasteiger partial charge in [0.25, 0.3) is 5.91 Å². The highest BCUT2D eigenvalue weighted by Gasteiger charge is 2.14. The molecule has 0 aliphatic rings. The number of nitrogens with one attached hydrogen (secondary N) is 1. The van der Waals surface area contributed by atoms with Crippen molar-refractivity contribution >= 4 is 22.9 Å². The lowest BCUT2D eigenvalue weighted by molar-refractivity contribution is 0.102. The van der Waals surface area contributed by atoms with Gasteiger partial charge in [0.05, 0.1) is 6.54 Å². The van der Waals surface area contributed by atoms with E-state index in [1.54, 1.807) is 28.4 Å². The Kier molecular flexibility index (Phi) is 4.76. The third-order valence-electron chi connectivity index (χ3n) is 3.99. The van der Waals surface area contributed by atoms with E-state index in [0.717, 1.165) is 11.1 Å². The number of para-hydroxylation sites is 1. The van der Waals surface area contributed by atoms with E-state index in [0.29, 0.717) is 22.9 Å². The second-order valence-corrected chi connectivity index (χ2v) is 6.72. The van der Waals surface area contributed by atoms with E-state index in [9.17, 15) is 9.18 Å². The first-order valence-corrected chi connectivity index (χ1v) is 9.15. The molecule has 0 unspecified atom stereocenters. The van der Waals surface area contributed by atoms with Crippen molar-refractivity contribution in [1.29, 1.82) is 0 Å². The summed E-state index contributed by atoms with van der Waals surface area (Å²) in [6, 6.07) is 15.5. The Morgan fingerprint density at radius 3 is 2.70 bits per heavy atom. The highest BCUT2D eigenvalue weighted by atomic mass is 32.1. The molecule has 4 rings (SSSR count). The standard InChI is InChI=1S/C20H15FN4OS/c21-16-8-6-14(7-9-16)20-24-18(13-27-20)19(26)23-17-5-2-1-4-15(17)12-25-11-3-10-22-25/h1-11,13H,12H2,(H,23,26). The average Bonchev–Trinajstić information content (AvgIpc) is 3.36. The molecule has 0 fully saturated rings. The van der Waals surface area contributed by atoms with Crippen molar-refractivity contribution in [3.8, 4) is 10.6 Å². The van der Waals surface area contributed by atoms with Crippen LogP contribution >= 0.6 is 11.3 Å². The Hall–Kier alpha value is -3.32. The smallest absolute Gasteiger partial charge is 0.275 e. The number of thiazole rings is 1. The van der Waals surface area contributed by atoms with Crippen molar-refractivity contribution in [1.82, 2.24) is 14.8 Å². The fraction of sp³-hybridized carbons (Fsp3) is 0.0500. The molecule has 2 heterocycles. The average molecular weight is 378 g/mol. The Morgan fingerprint density at radius 1 is 1.11 bits per heavy atom. The summed E-state index contributed by atoms with van der Waals surface area (Å²) < 4.78 is 14.9. The summed E-state index contributed by atoms with van der Waals surface area (Å²) in [6.45, 7) is 0.557. The fourth-order valence-corrected chi connectivity index (χ4v) is 3.44. The van der Waals surface area contributed by atoms with Crippen LogP contribution in [0.15, 0.2) is 72.4 Å². The van der Waals surface area contributed by atoms with Gasteiger partial charge in [-0.3, -0.25) is 9.48 Å². The number of nitrogens with zero attached hydrogens (tertiary/aromatic N) is 3. The molecule has 134 valence electrons. The number of amides is 1. The van der Waals surface area contributed by atoms with Gasteiger partial charge in [-0.2, -0.15) is 5.10 Å². The van der Waals surface area contributed by atoms with Gasteiger partial charge < -0.3 is 5.32 Å². The molecule has 0 bridgehead atoms. The highest BCUT2D eigenvalue weighted by molar-refractivity contribution is 7.13. The first-order valence-electron chi connectivity index (χ1n) is 8.27. The highest BCUT2D eigenvalue weighted by Crippen LogP contribution is 2.25. The second kappa shape index (κ2) is 7.51. The maximum absolute atomic E-state index is 13.1. The van der Waals surface area contributed by atoms with Gasteiger partial charge in [-0.15, -0.1) is 11.3 Å². The SMILES string of the molecule is O=C(Nc1ccccc1Cn1cccn1)c1csc(-c2ccc(F)cc2)n1. The van der Waals surface area contributed by atoms with Gasteiger partial charge in [-0.1, -0.05) is 18.2 Å². The van der Waals surface area contributed by atoms with Crippen LogP contribution in [-0.4, -0.2) is 20.7 Å². The van der Waals surface area contributed by atoms with E-state index in [-0.39, 0.29) is 11.7 Å². The van der Waals surface area contributed by atoms with Crippen LogP contribution in [0.25, 0.3) is 10.6 Å². The van der Waals surface area contributed by atoms with Crippen LogP contribution in [0.1, 0.15) is 16.1 Å². The molecule has 0 aliphatic heterocycles. The maximum Gasteiger partial charge on any atom is 0.275 e. The fourth-order valence-electron chi connectivity index (χ4n) is 2.64. The van der Waals surface area contributed by atoms with Gasteiger partial charge in [0.2, 0.25) is 0 Å². The summed E-state index contributed by atoms with van der Waals surface area (Å²) in [7, 11) is 0. The minimum atomic E-state index is -0.304. The normalized spacial score (nSPS) is 10.7. The predicted molar refractivity (Wildman–Crippen MR) is 103 cm³/mol. The summed E-state index contributed by atoms with van der Waals surface area (Å²) >= 11 is 1.35. The third-order valence-corrected chi connectivity index (χ3v) is 4.88. The minimum Gasteiger partial charge on any atom is -0.320 e. The molecule has 0 radical (unpaired) electrons. The summed E-state index contributed by atoms with van der Waals surface area (Å²) in [5, 5.41) is 9.49. The van der Waals surface area contributed by atoms with Crippen molar-refractivity contribution in [2.45, 2.75) is 6.54 Å². The number of rotatable bonds is 5. The van der Waals surface area contributed by atoms with Crippen LogP contribution in [0.5, 0.6) is 0 Å². The molecule has 0 aliphatic carbocycles. The molecular formula is C20H15FN4OS. The van der Waals surface area contributed by atoms with Crippen LogP contribution in [-0.2, 0) is 6.54 Å². The molecule has 0 spiro atoms. The molecular weight excluding hydrogens is 363 g/mol. The summed E-state index contributed by atoms with van der Waals surface area (Å²) in [6.07, 6.45) is 3.58. The summed E-state index contributed by atoms with van der Waals surface area (Å²) in [5.74, 6) is -0.588. The Morgan fingerprint density at radius 2 is 1.93 bits per heavy atom. The van der Waals surface area contributed by atoms with Crippen molar-refractivity contribution in [2.24, 2.45) is 0 Å². The Labute approximate surface area is 159 Å². The summed E-state index contributed by atoms with van der Waals surface area (Å²) in [5.41, 5.74) is 2.77. The second-order valence-electron chi connectivity index (χ2n) is 5.86. The molecule has 0 saturated heterocycles. The zero-order valence-corrected chi connectivity index (χ0v) is 15.0.